The molecular formula is C12H19N3O4. The van der Waals surface area contributed by atoms with Crippen molar-refractivity contribution in [3.05, 3.63) is 28.3 Å². The summed E-state index contributed by atoms with van der Waals surface area (Å²) in [6.45, 7) is 2.47. The van der Waals surface area contributed by atoms with Gasteiger partial charge in [0.25, 0.3) is 5.69 Å². The summed E-state index contributed by atoms with van der Waals surface area (Å²) in [5, 5.41) is 34.6. The van der Waals surface area contributed by atoms with E-state index in [1.807, 2.05) is 0 Å². The quantitative estimate of drug-likeness (QED) is 0.321. The van der Waals surface area contributed by atoms with Crippen LogP contribution in [-0.2, 0) is 0 Å². The average molecular weight is 269 g/mol. The van der Waals surface area contributed by atoms with Gasteiger partial charge in [-0.1, -0.05) is 0 Å². The van der Waals surface area contributed by atoms with Crippen LogP contribution in [0.4, 0.5) is 17.1 Å². The van der Waals surface area contributed by atoms with Crippen LogP contribution in [0.3, 0.4) is 0 Å². The van der Waals surface area contributed by atoms with Gasteiger partial charge in [-0.05, 0) is 25.5 Å². The molecule has 106 valence electrons. The summed E-state index contributed by atoms with van der Waals surface area (Å²) in [6, 6.07) is 4.75. The van der Waals surface area contributed by atoms with E-state index in [0.717, 1.165) is 0 Å². The molecule has 1 atom stereocenters. The summed E-state index contributed by atoms with van der Waals surface area (Å²) in [5.41, 5.74) is 0.955. The van der Waals surface area contributed by atoms with E-state index in [-0.39, 0.29) is 18.8 Å². The predicted octanol–water partition coefficient (Wildman–Crippen LogP) is 1.18. The number of hydrogen-bond acceptors (Lipinski definition) is 6. The van der Waals surface area contributed by atoms with Crippen molar-refractivity contribution in [2.75, 3.05) is 30.3 Å². The van der Waals surface area contributed by atoms with Crippen LogP contribution >= 0.6 is 0 Å². The third-order valence-electron chi connectivity index (χ3n) is 2.45. The number of benzene rings is 1. The molecule has 0 aromatic heterocycles. The molecule has 0 aliphatic heterocycles. The summed E-state index contributed by atoms with van der Waals surface area (Å²) >= 11 is 0. The number of nitro groups is 1. The molecule has 19 heavy (non-hydrogen) atoms. The first kappa shape index (κ1) is 15.2. The highest BCUT2D eigenvalue weighted by Crippen LogP contribution is 2.27. The SMILES string of the molecule is CC(O)CNc1ccc(NCCCO)cc1[N+](=O)[O-]. The van der Waals surface area contributed by atoms with Crippen molar-refractivity contribution < 1.29 is 15.1 Å². The molecular weight excluding hydrogens is 250 g/mol. The number of nitrogens with zero attached hydrogens (tertiary/aromatic N) is 1. The van der Waals surface area contributed by atoms with Crippen molar-refractivity contribution in [3.63, 3.8) is 0 Å². The Morgan fingerprint density at radius 3 is 2.74 bits per heavy atom. The smallest absolute Gasteiger partial charge is 0.294 e. The largest absolute Gasteiger partial charge is 0.396 e. The van der Waals surface area contributed by atoms with E-state index in [9.17, 15) is 15.2 Å². The molecule has 7 nitrogen and oxygen atoms in total. The first-order valence-corrected chi connectivity index (χ1v) is 6.09. The van der Waals surface area contributed by atoms with Gasteiger partial charge in [0, 0.05) is 31.5 Å². The molecule has 0 spiro atoms. The molecule has 7 heteroatoms. The molecule has 0 saturated carbocycles. The minimum atomic E-state index is -0.582. The molecule has 1 rings (SSSR count). The van der Waals surface area contributed by atoms with Gasteiger partial charge in [0.1, 0.15) is 5.69 Å². The van der Waals surface area contributed by atoms with Crippen LogP contribution in [0.2, 0.25) is 0 Å². The zero-order valence-electron chi connectivity index (χ0n) is 10.8. The van der Waals surface area contributed by atoms with Crippen LogP contribution < -0.4 is 10.6 Å². The summed E-state index contributed by atoms with van der Waals surface area (Å²) in [6.07, 6.45) is -0.00233. The van der Waals surface area contributed by atoms with Gasteiger partial charge in [0.15, 0.2) is 0 Å². The Morgan fingerprint density at radius 1 is 1.42 bits per heavy atom. The van der Waals surface area contributed by atoms with Crippen molar-refractivity contribution in [2.45, 2.75) is 19.4 Å². The molecule has 0 saturated heterocycles. The fraction of sp³-hybridized carbons (Fsp3) is 0.500. The van der Waals surface area contributed by atoms with Crippen molar-refractivity contribution in [2.24, 2.45) is 0 Å². The van der Waals surface area contributed by atoms with E-state index >= 15 is 0 Å². The van der Waals surface area contributed by atoms with E-state index < -0.39 is 11.0 Å². The second-order valence-corrected chi connectivity index (χ2v) is 4.22. The van der Waals surface area contributed by atoms with Gasteiger partial charge in [-0.3, -0.25) is 10.1 Å². The van der Waals surface area contributed by atoms with Crippen LogP contribution in [0.5, 0.6) is 0 Å². The lowest BCUT2D eigenvalue weighted by Crippen LogP contribution is -2.16. The highest BCUT2D eigenvalue weighted by atomic mass is 16.6. The van der Waals surface area contributed by atoms with E-state index in [1.165, 1.54) is 6.07 Å². The van der Waals surface area contributed by atoms with Crippen molar-refractivity contribution in [1.29, 1.82) is 0 Å². The van der Waals surface area contributed by atoms with Crippen LogP contribution in [-0.4, -0.2) is 40.9 Å². The molecule has 1 aromatic rings. The highest BCUT2D eigenvalue weighted by molar-refractivity contribution is 5.67. The lowest BCUT2D eigenvalue weighted by Gasteiger charge is -2.11. The molecule has 0 aliphatic carbocycles. The minimum Gasteiger partial charge on any atom is -0.396 e. The number of nitrogens with one attached hydrogen (secondary N) is 2. The molecule has 0 radical (unpaired) electrons. The van der Waals surface area contributed by atoms with Gasteiger partial charge in [0.05, 0.1) is 11.0 Å². The summed E-state index contributed by atoms with van der Waals surface area (Å²) in [5.74, 6) is 0. The zero-order valence-corrected chi connectivity index (χ0v) is 10.8. The molecule has 4 N–H and O–H groups in total. The Bertz CT molecular complexity index is 423. The number of anilines is 2. The Hall–Kier alpha value is -1.86. The number of rotatable bonds is 8. The third-order valence-corrected chi connectivity index (χ3v) is 2.45. The fourth-order valence-electron chi connectivity index (χ4n) is 1.51. The number of nitro benzene ring substituents is 1. The van der Waals surface area contributed by atoms with Crippen molar-refractivity contribution in [3.8, 4) is 0 Å². The van der Waals surface area contributed by atoms with Gasteiger partial charge in [-0.25, -0.2) is 0 Å². The first-order chi connectivity index (χ1) is 9.04. The normalized spacial score (nSPS) is 11.9. The van der Waals surface area contributed by atoms with E-state index in [4.69, 9.17) is 5.11 Å². The van der Waals surface area contributed by atoms with Gasteiger partial charge in [-0.15, -0.1) is 0 Å². The lowest BCUT2D eigenvalue weighted by atomic mass is 10.2. The van der Waals surface area contributed by atoms with Gasteiger partial charge in [-0.2, -0.15) is 0 Å². The van der Waals surface area contributed by atoms with E-state index in [2.05, 4.69) is 10.6 Å². The first-order valence-electron chi connectivity index (χ1n) is 6.09. The topological polar surface area (TPSA) is 108 Å². The molecule has 0 fully saturated rings. The maximum atomic E-state index is 11.0. The molecule has 0 aliphatic rings. The lowest BCUT2D eigenvalue weighted by molar-refractivity contribution is -0.383. The monoisotopic (exact) mass is 269 g/mol. The van der Waals surface area contributed by atoms with E-state index in [1.54, 1.807) is 19.1 Å². The van der Waals surface area contributed by atoms with Gasteiger partial charge in [0.2, 0.25) is 0 Å². The number of aliphatic hydroxyl groups is 2. The molecule has 0 amide bonds. The highest BCUT2D eigenvalue weighted by Gasteiger charge is 2.14. The maximum Gasteiger partial charge on any atom is 0.294 e. The molecule has 1 unspecified atom stereocenters. The van der Waals surface area contributed by atoms with Crippen molar-refractivity contribution >= 4 is 17.1 Å². The Labute approximate surface area is 111 Å². The Kier molecular flexibility index (Phi) is 6.04. The van der Waals surface area contributed by atoms with Crippen molar-refractivity contribution in [1.82, 2.24) is 0 Å². The fourth-order valence-corrected chi connectivity index (χ4v) is 1.51. The van der Waals surface area contributed by atoms with E-state index in [0.29, 0.717) is 24.3 Å². The standard InChI is InChI=1S/C12H19N3O4/c1-9(17)8-14-11-4-3-10(13-5-2-6-16)7-12(11)15(18)19/h3-4,7,9,13-14,16-17H,2,5-6,8H2,1H3. The maximum absolute atomic E-state index is 11.0. The second kappa shape index (κ2) is 7.55. The second-order valence-electron chi connectivity index (χ2n) is 4.22. The molecule has 1 aromatic carbocycles. The minimum absolute atomic E-state index is 0.0466. The van der Waals surface area contributed by atoms with Gasteiger partial charge >= 0.3 is 0 Å². The van der Waals surface area contributed by atoms with Crippen LogP contribution in [0.1, 0.15) is 13.3 Å². The number of hydrogen-bond donors (Lipinski definition) is 4. The van der Waals surface area contributed by atoms with Crippen LogP contribution in [0.15, 0.2) is 18.2 Å². The molecule has 0 bridgehead atoms. The zero-order chi connectivity index (χ0) is 14.3. The Morgan fingerprint density at radius 2 is 2.16 bits per heavy atom. The molecule has 0 heterocycles. The summed E-state index contributed by atoms with van der Waals surface area (Å²) in [7, 11) is 0. The van der Waals surface area contributed by atoms with Crippen LogP contribution in [0, 0.1) is 10.1 Å². The Balaban J connectivity index is 2.79. The third kappa shape index (κ3) is 5.11. The summed E-state index contributed by atoms with van der Waals surface area (Å²) < 4.78 is 0. The average Bonchev–Trinajstić information content (AvgIpc) is 2.37. The van der Waals surface area contributed by atoms with Crippen LogP contribution in [0.25, 0.3) is 0 Å². The van der Waals surface area contributed by atoms with Gasteiger partial charge < -0.3 is 20.8 Å². The number of aliphatic hydroxyl groups excluding tert-OH is 2. The summed E-state index contributed by atoms with van der Waals surface area (Å²) in [4.78, 5) is 10.5. The predicted molar refractivity (Wildman–Crippen MR) is 73.5 cm³/mol.